The summed E-state index contributed by atoms with van der Waals surface area (Å²) in [7, 11) is 0. The van der Waals surface area contributed by atoms with Gasteiger partial charge in [-0.15, -0.1) is 0 Å². The number of amides is 2. The third-order valence-electron chi connectivity index (χ3n) is 3.88. The van der Waals surface area contributed by atoms with Gasteiger partial charge in [-0.2, -0.15) is 0 Å². The molecule has 3 atom stereocenters. The fourth-order valence-corrected chi connectivity index (χ4v) is 2.77. The van der Waals surface area contributed by atoms with Gasteiger partial charge in [0.1, 0.15) is 0 Å². The van der Waals surface area contributed by atoms with Crippen molar-refractivity contribution in [3.63, 3.8) is 0 Å². The number of urea groups is 1. The Labute approximate surface area is 120 Å². The first kappa shape index (κ1) is 14.9. The van der Waals surface area contributed by atoms with Crippen LogP contribution in [0.25, 0.3) is 0 Å². The Bertz CT molecular complexity index is 485. The van der Waals surface area contributed by atoms with Crippen molar-refractivity contribution in [3.8, 4) is 0 Å². The Kier molecular flexibility index (Phi) is 4.65. The second kappa shape index (κ2) is 6.27. The molecule has 0 spiro atoms. The van der Waals surface area contributed by atoms with Crippen LogP contribution in [0.3, 0.4) is 0 Å². The number of fused-ring (bicyclic) bond motifs is 1. The lowest BCUT2D eigenvalue weighted by Gasteiger charge is -2.19. The Hall–Kier alpha value is -1.55. The molecule has 110 valence electrons. The molecule has 4 heteroatoms. The largest absolute Gasteiger partial charge is 0.393 e. The number of benzene rings is 1. The van der Waals surface area contributed by atoms with Crippen LogP contribution in [0.2, 0.25) is 0 Å². The summed E-state index contributed by atoms with van der Waals surface area (Å²) in [6, 6.07) is 6.37. The van der Waals surface area contributed by atoms with Crippen molar-refractivity contribution in [3.05, 3.63) is 34.9 Å². The van der Waals surface area contributed by atoms with Gasteiger partial charge in [-0.1, -0.05) is 30.7 Å². The van der Waals surface area contributed by atoms with Crippen molar-refractivity contribution in [2.45, 2.75) is 45.8 Å². The average molecular weight is 276 g/mol. The van der Waals surface area contributed by atoms with Crippen molar-refractivity contribution in [2.24, 2.45) is 5.92 Å². The molecule has 1 aliphatic rings. The van der Waals surface area contributed by atoms with Crippen LogP contribution in [0, 0.1) is 12.8 Å². The predicted molar refractivity (Wildman–Crippen MR) is 79.6 cm³/mol. The van der Waals surface area contributed by atoms with E-state index in [2.05, 4.69) is 42.7 Å². The third kappa shape index (κ3) is 3.51. The summed E-state index contributed by atoms with van der Waals surface area (Å²) in [5, 5.41) is 15.0. The molecule has 2 amide bonds. The zero-order valence-corrected chi connectivity index (χ0v) is 12.4. The molecule has 1 aromatic carbocycles. The minimum absolute atomic E-state index is 0.0800. The maximum absolute atomic E-state index is 11.9. The topological polar surface area (TPSA) is 61.4 Å². The summed E-state index contributed by atoms with van der Waals surface area (Å²) in [4.78, 5) is 11.9. The van der Waals surface area contributed by atoms with Gasteiger partial charge in [0.15, 0.2) is 0 Å². The summed E-state index contributed by atoms with van der Waals surface area (Å²) < 4.78 is 0. The fraction of sp³-hybridized carbons (Fsp3) is 0.562. The Morgan fingerprint density at radius 1 is 1.50 bits per heavy atom. The molecule has 1 aromatic rings. The molecular formula is C16H24N2O2. The summed E-state index contributed by atoms with van der Waals surface area (Å²) in [6.45, 7) is 6.45. The molecule has 3 N–H and O–H groups in total. The van der Waals surface area contributed by atoms with Gasteiger partial charge in [0.05, 0.1) is 12.1 Å². The molecule has 0 aromatic heterocycles. The number of hydrogen-bond acceptors (Lipinski definition) is 2. The number of carbonyl (C=O) groups excluding carboxylic acids is 1. The molecule has 0 fully saturated rings. The van der Waals surface area contributed by atoms with Crippen molar-refractivity contribution in [1.29, 1.82) is 0 Å². The van der Waals surface area contributed by atoms with Crippen molar-refractivity contribution in [2.75, 3.05) is 6.54 Å². The molecule has 0 saturated heterocycles. The third-order valence-corrected chi connectivity index (χ3v) is 3.88. The van der Waals surface area contributed by atoms with Crippen LogP contribution in [0.5, 0.6) is 0 Å². The van der Waals surface area contributed by atoms with Crippen molar-refractivity contribution >= 4 is 6.03 Å². The van der Waals surface area contributed by atoms with E-state index in [9.17, 15) is 9.90 Å². The monoisotopic (exact) mass is 276 g/mol. The van der Waals surface area contributed by atoms with E-state index in [0.717, 1.165) is 6.42 Å². The maximum atomic E-state index is 11.9. The van der Waals surface area contributed by atoms with Crippen molar-refractivity contribution < 1.29 is 9.90 Å². The van der Waals surface area contributed by atoms with E-state index < -0.39 is 0 Å². The lowest BCUT2D eigenvalue weighted by Crippen LogP contribution is -2.40. The van der Waals surface area contributed by atoms with Gasteiger partial charge in [0.2, 0.25) is 0 Å². The molecule has 20 heavy (non-hydrogen) atoms. The highest BCUT2D eigenvalue weighted by Gasteiger charge is 2.30. The average Bonchev–Trinajstić information content (AvgIpc) is 2.65. The molecule has 0 heterocycles. The SMILES string of the molecule is Cc1ccc2c(c1)[C@H](NC(=O)NCC[C@@H](C)O)[C@@H](C)C2. The van der Waals surface area contributed by atoms with E-state index >= 15 is 0 Å². The lowest BCUT2D eigenvalue weighted by molar-refractivity contribution is 0.183. The zero-order chi connectivity index (χ0) is 14.7. The van der Waals surface area contributed by atoms with Crippen LogP contribution in [0.15, 0.2) is 18.2 Å². The molecule has 4 nitrogen and oxygen atoms in total. The quantitative estimate of drug-likeness (QED) is 0.790. The molecule has 0 unspecified atom stereocenters. The van der Waals surface area contributed by atoms with Gasteiger partial charge >= 0.3 is 6.03 Å². The highest BCUT2D eigenvalue weighted by Crippen LogP contribution is 2.36. The normalized spacial score (nSPS) is 22.2. The number of aryl methyl sites for hydroxylation is 1. The molecule has 0 saturated carbocycles. The molecule has 0 radical (unpaired) electrons. The van der Waals surface area contributed by atoms with Crippen molar-refractivity contribution in [1.82, 2.24) is 10.6 Å². The van der Waals surface area contributed by atoms with Crippen LogP contribution >= 0.6 is 0 Å². The maximum Gasteiger partial charge on any atom is 0.315 e. The molecular weight excluding hydrogens is 252 g/mol. The fourth-order valence-electron chi connectivity index (χ4n) is 2.77. The summed E-state index contributed by atoms with van der Waals surface area (Å²) >= 11 is 0. The predicted octanol–water partition coefficient (Wildman–Crippen LogP) is 2.30. The smallest absolute Gasteiger partial charge is 0.315 e. The number of rotatable bonds is 4. The number of nitrogens with one attached hydrogen (secondary N) is 2. The van der Waals surface area contributed by atoms with Crippen LogP contribution < -0.4 is 10.6 Å². The summed E-state index contributed by atoms with van der Waals surface area (Å²) in [6.07, 6.45) is 1.20. The standard InChI is InChI=1S/C16H24N2O2/c1-10-4-5-13-9-11(2)15(14(13)8-10)18-16(20)17-7-6-12(3)19/h4-5,8,11-12,15,19H,6-7,9H2,1-3H3,(H2,17,18,20)/t11-,12+,15+/m0/s1. The van der Waals surface area contributed by atoms with Crippen LogP contribution in [-0.4, -0.2) is 23.8 Å². The Morgan fingerprint density at radius 2 is 2.25 bits per heavy atom. The summed E-state index contributed by atoms with van der Waals surface area (Å²) in [5.41, 5.74) is 3.79. The van der Waals surface area contributed by atoms with Gasteiger partial charge < -0.3 is 15.7 Å². The van der Waals surface area contributed by atoms with Crippen LogP contribution in [-0.2, 0) is 6.42 Å². The van der Waals surface area contributed by atoms with Crippen LogP contribution in [0.4, 0.5) is 4.79 Å². The van der Waals surface area contributed by atoms with Gasteiger partial charge in [-0.05, 0) is 43.7 Å². The first-order valence-electron chi connectivity index (χ1n) is 7.29. The number of aliphatic hydroxyl groups excluding tert-OH is 1. The number of aliphatic hydroxyl groups is 1. The van der Waals surface area contributed by atoms with E-state index in [-0.39, 0.29) is 18.2 Å². The highest BCUT2D eigenvalue weighted by molar-refractivity contribution is 5.74. The summed E-state index contributed by atoms with van der Waals surface area (Å²) in [5.74, 6) is 0.411. The Balaban J connectivity index is 1.96. The van der Waals surface area contributed by atoms with Gasteiger partial charge in [0, 0.05) is 6.54 Å². The van der Waals surface area contributed by atoms with Crippen LogP contribution in [0.1, 0.15) is 43.0 Å². The van der Waals surface area contributed by atoms with E-state index in [0.29, 0.717) is 18.9 Å². The second-order valence-corrected chi connectivity index (χ2v) is 5.90. The zero-order valence-electron chi connectivity index (χ0n) is 12.4. The van der Waals surface area contributed by atoms with E-state index in [1.54, 1.807) is 6.92 Å². The molecule has 0 bridgehead atoms. The van der Waals surface area contributed by atoms with Gasteiger partial charge in [-0.25, -0.2) is 4.79 Å². The number of carbonyl (C=O) groups is 1. The minimum atomic E-state index is -0.385. The molecule has 2 rings (SSSR count). The number of hydrogen-bond donors (Lipinski definition) is 3. The second-order valence-electron chi connectivity index (χ2n) is 5.90. The molecule has 0 aliphatic heterocycles. The van der Waals surface area contributed by atoms with E-state index in [4.69, 9.17) is 0 Å². The first-order chi connectivity index (χ1) is 9.47. The minimum Gasteiger partial charge on any atom is -0.393 e. The van der Waals surface area contributed by atoms with E-state index in [1.807, 2.05) is 0 Å². The van der Waals surface area contributed by atoms with E-state index in [1.165, 1.54) is 16.7 Å². The van der Waals surface area contributed by atoms with Gasteiger partial charge in [-0.3, -0.25) is 0 Å². The molecule has 1 aliphatic carbocycles. The first-order valence-corrected chi connectivity index (χ1v) is 7.29. The highest BCUT2D eigenvalue weighted by atomic mass is 16.3. The van der Waals surface area contributed by atoms with Gasteiger partial charge in [0.25, 0.3) is 0 Å². The Morgan fingerprint density at radius 3 is 2.95 bits per heavy atom. The lowest BCUT2D eigenvalue weighted by atomic mass is 10.0.